The van der Waals surface area contributed by atoms with Crippen LogP contribution in [0.5, 0.6) is 11.5 Å². The van der Waals surface area contributed by atoms with E-state index in [0.29, 0.717) is 28.6 Å². The Morgan fingerprint density at radius 1 is 1.20 bits per heavy atom. The predicted octanol–water partition coefficient (Wildman–Crippen LogP) is 4.69. The van der Waals surface area contributed by atoms with Gasteiger partial charge >= 0.3 is 0 Å². The van der Waals surface area contributed by atoms with Crippen LogP contribution in [0, 0.1) is 12.7 Å². The topological polar surface area (TPSA) is 21.3 Å². The van der Waals surface area contributed by atoms with E-state index in [4.69, 9.17) is 16.3 Å². The molecule has 0 aromatic heterocycles. The lowest BCUT2D eigenvalue weighted by Gasteiger charge is -2.12. The number of halogens is 2. The molecule has 2 aromatic carbocycles. The average Bonchev–Trinajstić information content (AvgIpc) is 2.42. The Kier molecular flexibility index (Phi) is 4.99. The van der Waals surface area contributed by atoms with Crippen LogP contribution in [0.25, 0.3) is 0 Å². The quantitative estimate of drug-likeness (QED) is 0.863. The van der Waals surface area contributed by atoms with Crippen molar-refractivity contribution in [3.8, 4) is 11.5 Å². The van der Waals surface area contributed by atoms with Gasteiger partial charge in [-0.25, -0.2) is 4.39 Å². The molecule has 0 atom stereocenters. The van der Waals surface area contributed by atoms with E-state index >= 15 is 0 Å². The second-order valence-corrected chi connectivity index (χ2v) is 4.98. The van der Waals surface area contributed by atoms with Gasteiger partial charge in [0, 0.05) is 23.2 Å². The highest BCUT2D eigenvalue weighted by Gasteiger charge is 2.07. The van der Waals surface area contributed by atoms with Gasteiger partial charge < -0.3 is 10.1 Å². The standard InChI is InChI=1S/C16H17ClFNO/c1-3-19-10-12-5-6-13(17)8-16(12)20-14-7-4-11(2)15(18)9-14/h4-9,19H,3,10H2,1-2H3. The molecule has 0 heterocycles. The van der Waals surface area contributed by atoms with Crippen molar-refractivity contribution in [2.75, 3.05) is 6.54 Å². The van der Waals surface area contributed by atoms with Crippen LogP contribution in [0.3, 0.4) is 0 Å². The van der Waals surface area contributed by atoms with Gasteiger partial charge in [0.2, 0.25) is 0 Å². The van der Waals surface area contributed by atoms with Gasteiger partial charge in [-0.15, -0.1) is 0 Å². The molecule has 0 spiro atoms. The van der Waals surface area contributed by atoms with Gasteiger partial charge in [-0.3, -0.25) is 0 Å². The van der Waals surface area contributed by atoms with Crippen molar-refractivity contribution in [3.05, 3.63) is 58.4 Å². The minimum atomic E-state index is -0.280. The first-order valence-corrected chi connectivity index (χ1v) is 6.91. The number of hydrogen-bond donors (Lipinski definition) is 1. The van der Waals surface area contributed by atoms with Gasteiger partial charge in [0.1, 0.15) is 17.3 Å². The first-order chi connectivity index (χ1) is 9.60. The van der Waals surface area contributed by atoms with E-state index in [1.807, 2.05) is 19.1 Å². The van der Waals surface area contributed by atoms with E-state index < -0.39 is 0 Å². The van der Waals surface area contributed by atoms with Crippen molar-refractivity contribution < 1.29 is 9.13 Å². The van der Waals surface area contributed by atoms with Crippen LogP contribution in [0.2, 0.25) is 5.02 Å². The third-order valence-corrected chi connectivity index (χ3v) is 3.20. The second-order valence-electron chi connectivity index (χ2n) is 4.55. The molecule has 0 bridgehead atoms. The van der Waals surface area contributed by atoms with Gasteiger partial charge in [0.05, 0.1) is 0 Å². The summed E-state index contributed by atoms with van der Waals surface area (Å²) in [7, 11) is 0. The van der Waals surface area contributed by atoms with E-state index in [2.05, 4.69) is 5.32 Å². The molecule has 0 aliphatic carbocycles. The molecule has 0 saturated heterocycles. The Morgan fingerprint density at radius 2 is 2.00 bits per heavy atom. The monoisotopic (exact) mass is 293 g/mol. The van der Waals surface area contributed by atoms with Gasteiger partial charge in [-0.05, 0) is 37.2 Å². The number of ether oxygens (including phenoxy) is 1. The van der Waals surface area contributed by atoms with Gasteiger partial charge in [0.15, 0.2) is 0 Å². The second kappa shape index (κ2) is 6.73. The summed E-state index contributed by atoms with van der Waals surface area (Å²) in [6.07, 6.45) is 0. The van der Waals surface area contributed by atoms with Gasteiger partial charge in [-0.2, -0.15) is 0 Å². The van der Waals surface area contributed by atoms with E-state index in [1.54, 1.807) is 25.1 Å². The number of aryl methyl sites for hydroxylation is 1. The average molecular weight is 294 g/mol. The van der Waals surface area contributed by atoms with E-state index in [-0.39, 0.29) is 5.82 Å². The SMILES string of the molecule is CCNCc1ccc(Cl)cc1Oc1ccc(C)c(F)c1. The molecule has 1 N–H and O–H groups in total. The summed E-state index contributed by atoms with van der Waals surface area (Å²) >= 11 is 6.00. The predicted molar refractivity (Wildman–Crippen MR) is 80.0 cm³/mol. The minimum Gasteiger partial charge on any atom is -0.457 e. The van der Waals surface area contributed by atoms with Crippen molar-refractivity contribution in [2.45, 2.75) is 20.4 Å². The normalized spacial score (nSPS) is 10.6. The fourth-order valence-electron chi connectivity index (χ4n) is 1.79. The number of hydrogen-bond acceptors (Lipinski definition) is 2. The summed E-state index contributed by atoms with van der Waals surface area (Å²) in [6, 6.07) is 10.3. The van der Waals surface area contributed by atoms with Crippen LogP contribution in [0.15, 0.2) is 36.4 Å². The van der Waals surface area contributed by atoms with Crippen LogP contribution in [0.4, 0.5) is 4.39 Å². The summed E-state index contributed by atoms with van der Waals surface area (Å²) in [5.41, 5.74) is 1.58. The molecule has 0 radical (unpaired) electrons. The highest BCUT2D eigenvalue weighted by atomic mass is 35.5. The molecule has 20 heavy (non-hydrogen) atoms. The maximum atomic E-state index is 13.5. The Morgan fingerprint density at radius 3 is 2.70 bits per heavy atom. The van der Waals surface area contributed by atoms with Crippen molar-refractivity contribution in [3.63, 3.8) is 0 Å². The van der Waals surface area contributed by atoms with Crippen molar-refractivity contribution in [2.24, 2.45) is 0 Å². The summed E-state index contributed by atoms with van der Waals surface area (Å²) in [5, 5.41) is 3.82. The Hall–Kier alpha value is -1.58. The molecule has 4 heteroatoms. The van der Waals surface area contributed by atoms with Crippen molar-refractivity contribution in [1.82, 2.24) is 5.32 Å². The third kappa shape index (κ3) is 3.71. The number of benzene rings is 2. The van der Waals surface area contributed by atoms with E-state index in [9.17, 15) is 4.39 Å². The van der Waals surface area contributed by atoms with E-state index in [1.165, 1.54) is 6.07 Å². The van der Waals surface area contributed by atoms with Gasteiger partial charge in [-0.1, -0.05) is 30.7 Å². The summed E-state index contributed by atoms with van der Waals surface area (Å²) in [6.45, 7) is 5.29. The van der Waals surface area contributed by atoms with Crippen LogP contribution in [-0.4, -0.2) is 6.54 Å². The van der Waals surface area contributed by atoms with Crippen LogP contribution >= 0.6 is 11.6 Å². The van der Waals surface area contributed by atoms with E-state index in [0.717, 1.165) is 12.1 Å². The molecule has 0 fully saturated rings. The first-order valence-electron chi connectivity index (χ1n) is 6.53. The molecule has 2 aromatic rings. The summed E-state index contributed by atoms with van der Waals surface area (Å²) < 4.78 is 19.3. The highest BCUT2D eigenvalue weighted by Crippen LogP contribution is 2.29. The molecular weight excluding hydrogens is 277 g/mol. The lowest BCUT2D eigenvalue weighted by molar-refractivity contribution is 0.467. The lowest BCUT2D eigenvalue weighted by atomic mass is 10.2. The molecule has 0 aliphatic heterocycles. The molecule has 2 rings (SSSR count). The molecule has 2 nitrogen and oxygen atoms in total. The molecule has 0 saturated carbocycles. The Labute approximate surface area is 123 Å². The fraction of sp³-hybridized carbons (Fsp3) is 0.250. The smallest absolute Gasteiger partial charge is 0.133 e. The molecular formula is C16H17ClFNO. The largest absolute Gasteiger partial charge is 0.457 e. The highest BCUT2D eigenvalue weighted by molar-refractivity contribution is 6.30. The molecule has 106 valence electrons. The zero-order valence-corrected chi connectivity index (χ0v) is 12.3. The summed E-state index contributed by atoms with van der Waals surface area (Å²) in [4.78, 5) is 0. The minimum absolute atomic E-state index is 0.280. The summed E-state index contributed by atoms with van der Waals surface area (Å²) in [5.74, 6) is 0.826. The van der Waals surface area contributed by atoms with Crippen molar-refractivity contribution >= 4 is 11.6 Å². The maximum Gasteiger partial charge on any atom is 0.133 e. The van der Waals surface area contributed by atoms with Crippen LogP contribution in [0.1, 0.15) is 18.1 Å². The number of rotatable bonds is 5. The van der Waals surface area contributed by atoms with Crippen LogP contribution < -0.4 is 10.1 Å². The number of nitrogens with one attached hydrogen (secondary N) is 1. The van der Waals surface area contributed by atoms with Crippen molar-refractivity contribution in [1.29, 1.82) is 0 Å². The molecule has 0 amide bonds. The zero-order chi connectivity index (χ0) is 14.5. The molecule has 0 aliphatic rings. The fourth-order valence-corrected chi connectivity index (χ4v) is 1.96. The Balaban J connectivity index is 2.26. The van der Waals surface area contributed by atoms with Gasteiger partial charge in [0.25, 0.3) is 0 Å². The Bertz CT molecular complexity index is 601. The zero-order valence-electron chi connectivity index (χ0n) is 11.5. The lowest BCUT2D eigenvalue weighted by Crippen LogP contribution is -2.12. The first kappa shape index (κ1) is 14.8. The third-order valence-electron chi connectivity index (χ3n) is 2.97. The molecule has 0 unspecified atom stereocenters. The van der Waals surface area contributed by atoms with Crippen LogP contribution in [-0.2, 0) is 6.54 Å². The maximum absolute atomic E-state index is 13.5.